The lowest BCUT2D eigenvalue weighted by molar-refractivity contribution is -0.140. The van der Waals surface area contributed by atoms with Gasteiger partial charge in [0.1, 0.15) is 0 Å². The number of hydrogen-bond donors (Lipinski definition) is 1. The summed E-state index contributed by atoms with van der Waals surface area (Å²) in [7, 11) is 0. The summed E-state index contributed by atoms with van der Waals surface area (Å²) in [6, 6.07) is 0. The molecule has 0 saturated carbocycles. The van der Waals surface area contributed by atoms with Crippen LogP contribution in [0.2, 0.25) is 0 Å². The molecule has 0 heterocycles. The van der Waals surface area contributed by atoms with Gasteiger partial charge in [-0.2, -0.15) is 0 Å². The third-order valence-electron chi connectivity index (χ3n) is 2.45. The largest absolute Gasteiger partial charge is 0.481 e. The Bertz CT molecular complexity index is 249. The molecule has 0 fully saturated rings. The minimum Gasteiger partial charge on any atom is -0.481 e. The Kier molecular flexibility index (Phi) is 2.09. The molecule has 1 aliphatic carbocycles. The smallest absolute Gasteiger partial charge is 0.310 e. The lowest BCUT2D eigenvalue weighted by atomic mass is 9.73. The van der Waals surface area contributed by atoms with Gasteiger partial charge in [-0.05, 0) is 17.4 Å². The molecule has 1 N–H and O–H groups in total. The minimum absolute atomic E-state index is 0.0716. The molecule has 1 rings (SSSR count). The summed E-state index contributed by atoms with van der Waals surface area (Å²) in [6.07, 6.45) is 4.19. The maximum atomic E-state index is 10.7. The van der Waals surface area contributed by atoms with Gasteiger partial charge in [0.25, 0.3) is 0 Å². The van der Waals surface area contributed by atoms with Gasteiger partial charge in [0.2, 0.25) is 0 Å². The summed E-state index contributed by atoms with van der Waals surface area (Å²) in [5.41, 5.74) is 0.942. The van der Waals surface area contributed by atoms with Gasteiger partial charge in [-0.1, -0.05) is 32.6 Å². The van der Waals surface area contributed by atoms with Gasteiger partial charge in [-0.25, -0.2) is 0 Å². The number of hydrogen-bond acceptors (Lipinski definition) is 1. The van der Waals surface area contributed by atoms with Crippen molar-refractivity contribution in [3.05, 3.63) is 24.3 Å². The average molecular weight is 166 g/mol. The van der Waals surface area contributed by atoms with Gasteiger partial charge in [0.15, 0.2) is 0 Å². The molecule has 0 saturated heterocycles. The highest BCUT2D eigenvalue weighted by Crippen LogP contribution is 2.37. The Hall–Kier alpha value is -1.05. The van der Waals surface area contributed by atoms with Crippen molar-refractivity contribution < 1.29 is 9.90 Å². The van der Waals surface area contributed by atoms with Gasteiger partial charge in [-0.15, -0.1) is 0 Å². The van der Waals surface area contributed by atoms with Crippen LogP contribution in [-0.4, -0.2) is 11.1 Å². The highest BCUT2D eigenvalue weighted by Gasteiger charge is 2.30. The van der Waals surface area contributed by atoms with Crippen molar-refractivity contribution in [2.75, 3.05) is 0 Å². The number of rotatable bonds is 1. The zero-order chi connectivity index (χ0) is 9.35. The van der Waals surface area contributed by atoms with E-state index in [1.807, 2.05) is 19.9 Å². The quantitative estimate of drug-likeness (QED) is 0.648. The fraction of sp³-hybridized carbons (Fsp3) is 0.500. The molecule has 0 aliphatic heterocycles. The summed E-state index contributed by atoms with van der Waals surface area (Å²) in [5, 5.41) is 8.78. The van der Waals surface area contributed by atoms with Crippen LogP contribution in [0.15, 0.2) is 24.3 Å². The van der Waals surface area contributed by atoms with E-state index >= 15 is 0 Å². The van der Waals surface area contributed by atoms with E-state index in [4.69, 9.17) is 5.11 Å². The molecule has 0 amide bonds. The van der Waals surface area contributed by atoms with Crippen molar-refractivity contribution in [2.45, 2.75) is 20.3 Å². The van der Waals surface area contributed by atoms with E-state index in [-0.39, 0.29) is 11.3 Å². The second-order valence-electron chi connectivity index (χ2n) is 3.92. The molecular formula is C10H14O2. The first-order valence-corrected chi connectivity index (χ1v) is 4.04. The van der Waals surface area contributed by atoms with Crippen LogP contribution in [0.5, 0.6) is 0 Å². The Morgan fingerprint density at radius 2 is 2.33 bits per heavy atom. The van der Waals surface area contributed by atoms with Crippen molar-refractivity contribution in [1.82, 2.24) is 0 Å². The lowest BCUT2D eigenvalue weighted by Crippen LogP contribution is -2.25. The molecule has 0 aromatic carbocycles. The summed E-state index contributed by atoms with van der Waals surface area (Å²) in [6.45, 7) is 7.93. The molecule has 0 radical (unpaired) electrons. The van der Waals surface area contributed by atoms with Crippen molar-refractivity contribution in [3.8, 4) is 0 Å². The van der Waals surface area contributed by atoms with Crippen molar-refractivity contribution in [1.29, 1.82) is 0 Å². The Morgan fingerprint density at radius 1 is 1.75 bits per heavy atom. The van der Waals surface area contributed by atoms with Crippen LogP contribution in [0.3, 0.4) is 0 Å². The summed E-state index contributed by atoms with van der Waals surface area (Å²) >= 11 is 0. The Balaban J connectivity index is 2.86. The first-order chi connectivity index (χ1) is 5.43. The predicted octanol–water partition coefficient (Wildman–Crippen LogP) is 2.23. The van der Waals surface area contributed by atoms with Crippen molar-refractivity contribution in [2.24, 2.45) is 11.3 Å². The van der Waals surface area contributed by atoms with Crippen LogP contribution >= 0.6 is 0 Å². The maximum Gasteiger partial charge on any atom is 0.310 e. The number of carboxylic acids is 1. The highest BCUT2D eigenvalue weighted by molar-refractivity contribution is 5.73. The average Bonchev–Trinajstić information content (AvgIpc) is 1.94. The molecule has 0 aromatic heterocycles. The van der Waals surface area contributed by atoms with Gasteiger partial charge in [0, 0.05) is 0 Å². The molecule has 12 heavy (non-hydrogen) atoms. The monoisotopic (exact) mass is 166 g/mol. The fourth-order valence-corrected chi connectivity index (χ4v) is 1.38. The van der Waals surface area contributed by atoms with Crippen LogP contribution in [0.4, 0.5) is 0 Å². The molecule has 0 unspecified atom stereocenters. The van der Waals surface area contributed by atoms with E-state index in [0.717, 1.165) is 5.57 Å². The van der Waals surface area contributed by atoms with Gasteiger partial charge < -0.3 is 5.11 Å². The second-order valence-corrected chi connectivity index (χ2v) is 3.92. The van der Waals surface area contributed by atoms with Gasteiger partial charge in [0.05, 0.1) is 5.92 Å². The number of carboxylic acid groups (broad SMARTS) is 1. The lowest BCUT2D eigenvalue weighted by Gasteiger charge is -2.31. The van der Waals surface area contributed by atoms with Crippen molar-refractivity contribution in [3.63, 3.8) is 0 Å². The Morgan fingerprint density at radius 3 is 2.75 bits per heavy atom. The first-order valence-electron chi connectivity index (χ1n) is 4.04. The van der Waals surface area contributed by atoms with E-state index < -0.39 is 5.97 Å². The molecule has 2 heteroatoms. The SMILES string of the molecule is C=C1C=C[C@H](C(=O)O)CC1(C)C. The zero-order valence-corrected chi connectivity index (χ0v) is 7.50. The molecule has 1 atom stereocenters. The first kappa shape index (κ1) is 9.04. The van der Waals surface area contributed by atoms with E-state index in [2.05, 4.69) is 6.58 Å². The topological polar surface area (TPSA) is 37.3 Å². The number of aliphatic carboxylic acids is 1. The van der Waals surface area contributed by atoms with Gasteiger partial charge >= 0.3 is 5.97 Å². The summed E-state index contributed by atoms with van der Waals surface area (Å²) < 4.78 is 0. The predicted molar refractivity (Wildman–Crippen MR) is 47.8 cm³/mol. The molecule has 0 aromatic rings. The number of carbonyl (C=O) groups is 1. The van der Waals surface area contributed by atoms with E-state index in [9.17, 15) is 4.79 Å². The molecule has 66 valence electrons. The molecule has 1 aliphatic rings. The van der Waals surface area contributed by atoms with Crippen LogP contribution in [0.1, 0.15) is 20.3 Å². The third kappa shape index (κ3) is 1.58. The standard InChI is InChI=1S/C10H14O2/c1-7-4-5-8(9(11)12)6-10(7,2)3/h4-5,8H,1,6H2,2-3H3,(H,11,12)/t8-/m0/s1. The molecular weight excluding hydrogens is 152 g/mol. The minimum atomic E-state index is -0.744. The zero-order valence-electron chi connectivity index (χ0n) is 7.50. The molecule has 2 nitrogen and oxygen atoms in total. The van der Waals surface area contributed by atoms with E-state index in [1.54, 1.807) is 6.08 Å². The van der Waals surface area contributed by atoms with Crippen LogP contribution in [0, 0.1) is 11.3 Å². The van der Waals surface area contributed by atoms with E-state index in [1.165, 1.54) is 0 Å². The van der Waals surface area contributed by atoms with Gasteiger partial charge in [-0.3, -0.25) is 4.79 Å². The highest BCUT2D eigenvalue weighted by atomic mass is 16.4. The third-order valence-corrected chi connectivity index (χ3v) is 2.45. The van der Waals surface area contributed by atoms with Crippen LogP contribution in [0.25, 0.3) is 0 Å². The second kappa shape index (κ2) is 2.77. The molecule has 0 bridgehead atoms. The van der Waals surface area contributed by atoms with Crippen LogP contribution in [-0.2, 0) is 4.79 Å². The van der Waals surface area contributed by atoms with Crippen molar-refractivity contribution >= 4 is 5.97 Å². The number of allylic oxidation sites excluding steroid dienone is 2. The fourth-order valence-electron chi connectivity index (χ4n) is 1.38. The van der Waals surface area contributed by atoms with E-state index in [0.29, 0.717) is 6.42 Å². The Labute approximate surface area is 72.6 Å². The summed E-state index contributed by atoms with van der Waals surface area (Å²) in [4.78, 5) is 10.7. The molecule has 0 spiro atoms. The van der Waals surface area contributed by atoms with Crippen LogP contribution < -0.4 is 0 Å². The maximum absolute atomic E-state index is 10.7. The normalized spacial score (nSPS) is 27.2. The summed E-state index contributed by atoms with van der Waals surface area (Å²) in [5.74, 6) is -1.09.